The Morgan fingerprint density at radius 3 is 2.16 bits per heavy atom. The number of carbonyl (C=O) groups is 2. The van der Waals surface area contributed by atoms with Crippen molar-refractivity contribution < 1.29 is 22.7 Å². The molecule has 0 saturated carbocycles. The Labute approximate surface area is 260 Å². The number of likely N-dealkylation sites (N-methyl/N-ethyl adjacent to an activating group) is 1. The van der Waals surface area contributed by atoms with Crippen molar-refractivity contribution in [2.45, 2.75) is 44.7 Å². The van der Waals surface area contributed by atoms with E-state index >= 15 is 0 Å². The SMILES string of the molecule is CCNC(=O)[C@H](Cc1ccccc1)N(Cc1cccc(OC)c1)C(=O)CN(c1ccccc1C)S(=O)(=O)c1ccc(C)cc1. The first kappa shape index (κ1) is 32.3. The summed E-state index contributed by atoms with van der Waals surface area (Å²) in [6.45, 7) is 5.44. The molecule has 0 aromatic heterocycles. The average Bonchev–Trinajstić information content (AvgIpc) is 3.02. The topological polar surface area (TPSA) is 96.0 Å². The van der Waals surface area contributed by atoms with Gasteiger partial charge in [0.25, 0.3) is 10.0 Å². The quantitative estimate of drug-likeness (QED) is 0.221. The summed E-state index contributed by atoms with van der Waals surface area (Å²) in [7, 11) is -2.59. The molecule has 0 unspecified atom stereocenters. The van der Waals surface area contributed by atoms with Gasteiger partial charge in [-0.05, 0) is 67.8 Å². The van der Waals surface area contributed by atoms with Gasteiger partial charge in [0.15, 0.2) is 0 Å². The van der Waals surface area contributed by atoms with Gasteiger partial charge in [0.2, 0.25) is 11.8 Å². The molecule has 0 fully saturated rings. The van der Waals surface area contributed by atoms with Crippen LogP contribution < -0.4 is 14.4 Å². The van der Waals surface area contributed by atoms with E-state index in [-0.39, 0.29) is 23.8 Å². The first-order chi connectivity index (χ1) is 21.1. The number of hydrogen-bond acceptors (Lipinski definition) is 5. The highest BCUT2D eigenvalue weighted by molar-refractivity contribution is 7.92. The fourth-order valence-electron chi connectivity index (χ4n) is 5.01. The van der Waals surface area contributed by atoms with Gasteiger partial charge in [-0.1, -0.05) is 78.4 Å². The van der Waals surface area contributed by atoms with E-state index in [0.717, 1.165) is 21.0 Å². The van der Waals surface area contributed by atoms with Crippen LogP contribution in [0.5, 0.6) is 5.75 Å². The number of ether oxygens (including phenoxy) is 1. The van der Waals surface area contributed by atoms with E-state index in [9.17, 15) is 18.0 Å². The molecule has 4 aromatic rings. The fourth-order valence-corrected chi connectivity index (χ4v) is 6.49. The summed E-state index contributed by atoms with van der Waals surface area (Å²) >= 11 is 0. The van der Waals surface area contributed by atoms with Gasteiger partial charge in [-0.3, -0.25) is 13.9 Å². The van der Waals surface area contributed by atoms with Crippen LogP contribution in [0.25, 0.3) is 0 Å². The van der Waals surface area contributed by atoms with Gasteiger partial charge >= 0.3 is 0 Å². The number of rotatable bonds is 13. The molecule has 0 aliphatic rings. The number of amides is 2. The Morgan fingerprint density at radius 1 is 0.841 bits per heavy atom. The minimum atomic E-state index is -4.16. The Balaban J connectivity index is 1.81. The number of hydrogen-bond donors (Lipinski definition) is 1. The number of para-hydroxylation sites is 1. The summed E-state index contributed by atoms with van der Waals surface area (Å²) in [4.78, 5) is 29.6. The standard InChI is InChI=1S/C35H39N3O5S/c1-5-36-35(40)33(23-28-13-7-6-8-14-28)37(24-29-15-11-16-30(22-29)43-4)34(39)25-38(32-17-10-9-12-27(32)3)44(41,42)31-20-18-26(2)19-21-31/h6-22,33H,5,23-25H2,1-4H3,(H,36,40)/t33-/m0/s1. The first-order valence-corrected chi connectivity index (χ1v) is 16.0. The van der Waals surface area contributed by atoms with Crippen LogP contribution in [-0.2, 0) is 32.6 Å². The van der Waals surface area contributed by atoms with Crippen molar-refractivity contribution in [1.82, 2.24) is 10.2 Å². The molecule has 0 spiro atoms. The van der Waals surface area contributed by atoms with Crippen LogP contribution in [0.15, 0.2) is 108 Å². The number of carbonyl (C=O) groups excluding carboxylic acids is 2. The summed E-state index contributed by atoms with van der Waals surface area (Å²) in [5, 5.41) is 2.88. The van der Waals surface area contributed by atoms with Crippen LogP contribution in [0.3, 0.4) is 0 Å². The second-order valence-electron chi connectivity index (χ2n) is 10.6. The molecule has 4 aromatic carbocycles. The minimum absolute atomic E-state index is 0.0663. The van der Waals surface area contributed by atoms with E-state index in [2.05, 4.69) is 5.32 Å². The normalized spacial score (nSPS) is 11.8. The van der Waals surface area contributed by atoms with Crippen LogP contribution >= 0.6 is 0 Å². The molecule has 4 rings (SSSR count). The van der Waals surface area contributed by atoms with Crippen LogP contribution in [0, 0.1) is 13.8 Å². The molecule has 44 heavy (non-hydrogen) atoms. The maximum atomic E-state index is 14.5. The highest BCUT2D eigenvalue weighted by Gasteiger charge is 2.35. The summed E-state index contributed by atoms with van der Waals surface area (Å²) in [6, 6.07) is 29.4. The van der Waals surface area contributed by atoms with E-state index in [1.807, 2.05) is 62.4 Å². The zero-order valence-electron chi connectivity index (χ0n) is 25.6. The molecule has 0 aliphatic carbocycles. The lowest BCUT2D eigenvalue weighted by Crippen LogP contribution is -2.53. The number of benzene rings is 4. The zero-order valence-corrected chi connectivity index (χ0v) is 26.4. The predicted octanol–water partition coefficient (Wildman–Crippen LogP) is 5.28. The predicted molar refractivity (Wildman–Crippen MR) is 173 cm³/mol. The lowest BCUT2D eigenvalue weighted by molar-refractivity contribution is -0.140. The number of anilines is 1. The summed E-state index contributed by atoms with van der Waals surface area (Å²) < 4.78 is 34.9. The smallest absolute Gasteiger partial charge is 0.264 e. The van der Waals surface area contributed by atoms with E-state index in [1.54, 1.807) is 68.6 Å². The first-order valence-electron chi connectivity index (χ1n) is 14.5. The molecule has 8 nitrogen and oxygen atoms in total. The van der Waals surface area contributed by atoms with E-state index in [4.69, 9.17) is 4.74 Å². The van der Waals surface area contributed by atoms with Crippen molar-refractivity contribution in [3.63, 3.8) is 0 Å². The number of methoxy groups -OCH3 is 1. The van der Waals surface area contributed by atoms with Crippen LogP contribution in [0.2, 0.25) is 0 Å². The lowest BCUT2D eigenvalue weighted by atomic mass is 10.0. The van der Waals surface area contributed by atoms with Gasteiger partial charge in [-0.25, -0.2) is 8.42 Å². The molecule has 0 heterocycles. The van der Waals surface area contributed by atoms with Gasteiger partial charge < -0.3 is 15.0 Å². The van der Waals surface area contributed by atoms with E-state index < -0.39 is 28.5 Å². The number of nitrogens with one attached hydrogen (secondary N) is 1. The van der Waals surface area contributed by atoms with Crippen molar-refractivity contribution in [3.05, 3.63) is 125 Å². The molecule has 0 radical (unpaired) electrons. The Bertz CT molecular complexity index is 1670. The van der Waals surface area contributed by atoms with Gasteiger partial charge in [0, 0.05) is 19.5 Å². The molecule has 1 N–H and O–H groups in total. The van der Waals surface area contributed by atoms with E-state index in [0.29, 0.717) is 23.5 Å². The number of aryl methyl sites for hydroxylation is 2. The number of sulfonamides is 1. The zero-order chi connectivity index (χ0) is 31.7. The van der Waals surface area contributed by atoms with Crippen molar-refractivity contribution >= 4 is 27.5 Å². The highest BCUT2D eigenvalue weighted by Crippen LogP contribution is 2.28. The monoisotopic (exact) mass is 613 g/mol. The second-order valence-corrected chi connectivity index (χ2v) is 12.4. The third kappa shape index (κ3) is 7.85. The third-order valence-electron chi connectivity index (χ3n) is 7.38. The van der Waals surface area contributed by atoms with Crippen molar-refractivity contribution in [1.29, 1.82) is 0 Å². The molecule has 2 amide bonds. The van der Waals surface area contributed by atoms with Crippen molar-refractivity contribution in [2.24, 2.45) is 0 Å². The van der Waals surface area contributed by atoms with Gasteiger partial charge in [0.1, 0.15) is 18.3 Å². The van der Waals surface area contributed by atoms with Crippen LogP contribution in [0.1, 0.15) is 29.2 Å². The molecule has 0 saturated heterocycles. The minimum Gasteiger partial charge on any atom is -0.497 e. The average molecular weight is 614 g/mol. The van der Waals surface area contributed by atoms with E-state index in [1.165, 1.54) is 4.90 Å². The molecular weight excluding hydrogens is 574 g/mol. The van der Waals surface area contributed by atoms with Crippen LogP contribution in [0.4, 0.5) is 5.69 Å². The molecule has 230 valence electrons. The fraction of sp³-hybridized carbons (Fsp3) is 0.257. The van der Waals surface area contributed by atoms with Gasteiger partial charge in [-0.15, -0.1) is 0 Å². The molecule has 9 heteroatoms. The number of nitrogens with zero attached hydrogens (tertiary/aromatic N) is 2. The molecule has 0 aliphatic heterocycles. The van der Waals surface area contributed by atoms with Crippen molar-refractivity contribution in [2.75, 3.05) is 24.5 Å². The second kappa shape index (κ2) is 14.7. The Hall–Kier alpha value is -4.63. The maximum absolute atomic E-state index is 14.5. The maximum Gasteiger partial charge on any atom is 0.264 e. The largest absolute Gasteiger partial charge is 0.497 e. The third-order valence-corrected chi connectivity index (χ3v) is 9.16. The summed E-state index contributed by atoms with van der Waals surface area (Å²) in [6.07, 6.45) is 0.247. The highest BCUT2D eigenvalue weighted by atomic mass is 32.2. The van der Waals surface area contributed by atoms with Crippen molar-refractivity contribution in [3.8, 4) is 5.75 Å². The lowest BCUT2D eigenvalue weighted by Gasteiger charge is -2.34. The van der Waals surface area contributed by atoms with Crippen LogP contribution in [-0.4, -0.2) is 51.4 Å². The molecular formula is C35H39N3O5S. The van der Waals surface area contributed by atoms with Gasteiger partial charge in [-0.2, -0.15) is 0 Å². The summed E-state index contributed by atoms with van der Waals surface area (Å²) in [5.41, 5.74) is 3.61. The Morgan fingerprint density at radius 2 is 1.50 bits per heavy atom. The van der Waals surface area contributed by atoms with Gasteiger partial charge in [0.05, 0.1) is 17.7 Å². The molecule has 1 atom stereocenters. The molecule has 0 bridgehead atoms. The Kier molecular flexibility index (Phi) is 10.8. The summed E-state index contributed by atoms with van der Waals surface area (Å²) in [5.74, 6) is -0.230.